The molecule has 1 saturated heterocycles. The van der Waals surface area contributed by atoms with Gasteiger partial charge < -0.3 is 14.8 Å². The van der Waals surface area contributed by atoms with Crippen molar-refractivity contribution in [1.29, 1.82) is 0 Å². The van der Waals surface area contributed by atoms with Gasteiger partial charge >= 0.3 is 0 Å². The number of fused-ring (bicyclic) bond motifs is 1. The summed E-state index contributed by atoms with van der Waals surface area (Å²) >= 11 is 0. The Morgan fingerprint density at radius 2 is 1.96 bits per heavy atom. The van der Waals surface area contributed by atoms with E-state index in [2.05, 4.69) is 35.2 Å². The van der Waals surface area contributed by atoms with E-state index >= 15 is 0 Å². The molecule has 0 bridgehead atoms. The highest BCUT2D eigenvalue weighted by molar-refractivity contribution is 5.92. The Kier molecular flexibility index (Phi) is 3.83. The Morgan fingerprint density at radius 3 is 2.77 bits per heavy atom. The van der Waals surface area contributed by atoms with Crippen LogP contribution >= 0.6 is 0 Å². The number of nitrogens with one attached hydrogen (secondary N) is 1. The SMILES string of the molecule is O=C(NC1CC1)c1ccc(N2CCCC(c3nnc4n3CCC4)C2)nn1. The maximum Gasteiger partial charge on any atom is 0.272 e. The first-order valence-corrected chi connectivity index (χ1v) is 9.59. The third-order valence-corrected chi connectivity index (χ3v) is 5.54. The topological polar surface area (TPSA) is 88.8 Å². The fourth-order valence-corrected chi connectivity index (χ4v) is 3.97. The number of hydrogen-bond donors (Lipinski definition) is 1. The summed E-state index contributed by atoms with van der Waals surface area (Å²) in [6.45, 7) is 2.87. The Balaban J connectivity index is 1.29. The van der Waals surface area contributed by atoms with Crippen molar-refractivity contribution < 1.29 is 4.79 Å². The lowest BCUT2D eigenvalue weighted by Crippen LogP contribution is -2.36. The van der Waals surface area contributed by atoms with E-state index in [9.17, 15) is 4.79 Å². The van der Waals surface area contributed by atoms with Crippen LogP contribution in [0, 0.1) is 0 Å². The van der Waals surface area contributed by atoms with Crippen LogP contribution in [0.3, 0.4) is 0 Å². The van der Waals surface area contributed by atoms with E-state index in [1.807, 2.05) is 6.07 Å². The van der Waals surface area contributed by atoms with Gasteiger partial charge in [0.25, 0.3) is 5.91 Å². The minimum absolute atomic E-state index is 0.123. The van der Waals surface area contributed by atoms with Crippen molar-refractivity contribution in [1.82, 2.24) is 30.3 Å². The first-order chi connectivity index (χ1) is 12.8. The number of aryl methyl sites for hydroxylation is 1. The molecule has 8 nitrogen and oxygen atoms in total. The average Bonchev–Trinajstić information content (AvgIpc) is 3.21. The second-order valence-corrected chi connectivity index (χ2v) is 7.54. The summed E-state index contributed by atoms with van der Waals surface area (Å²) in [6, 6.07) is 4.01. The van der Waals surface area contributed by atoms with Crippen LogP contribution in [0.5, 0.6) is 0 Å². The number of carbonyl (C=O) groups excluding carboxylic acids is 1. The lowest BCUT2D eigenvalue weighted by molar-refractivity contribution is 0.0945. The number of amides is 1. The number of piperidine rings is 1. The van der Waals surface area contributed by atoms with E-state index in [0.29, 0.717) is 17.7 Å². The summed E-state index contributed by atoms with van der Waals surface area (Å²) in [5.41, 5.74) is 0.393. The molecule has 3 aliphatic rings. The molecule has 1 amide bonds. The third kappa shape index (κ3) is 2.93. The van der Waals surface area contributed by atoms with Gasteiger partial charge in [-0.15, -0.1) is 20.4 Å². The first-order valence-electron chi connectivity index (χ1n) is 9.59. The summed E-state index contributed by atoms with van der Waals surface area (Å²) in [5.74, 6) is 3.34. The second-order valence-electron chi connectivity index (χ2n) is 7.54. The molecular weight excluding hydrogens is 330 g/mol. The Labute approximate surface area is 152 Å². The predicted molar refractivity (Wildman–Crippen MR) is 95.1 cm³/mol. The average molecular weight is 353 g/mol. The lowest BCUT2D eigenvalue weighted by Gasteiger charge is -2.32. The summed E-state index contributed by atoms with van der Waals surface area (Å²) in [5, 5.41) is 20.2. The molecule has 1 unspecified atom stereocenters. The number of hydrogen-bond acceptors (Lipinski definition) is 6. The van der Waals surface area contributed by atoms with Gasteiger partial charge in [-0.25, -0.2) is 0 Å². The summed E-state index contributed by atoms with van der Waals surface area (Å²) < 4.78 is 2.30. The molecular formula is C18H23N7O. The highest BCUT2D eigenvalue weighted by Gasteiger charge is 2.29. The van der Waals surface area contributed by atoms with Crippen LogP contribution in [0.15, 0.2) is 12.1 Å². The Bertz CT molecular complexity index is 811. The van der Waals surface area contributed by atoms with E-state index in [1.54, 1.807) is 6.07 Å². The molecule has 4 heterocycles. The molecule has 0 aromatic carbocycles. The van der Waals surface area contributed by atoms with Gasteiger partial charge in [0.05, 0.1) is 0 Å². The van der Waals surface area contributed by atoms with Crippen LogP contribution in [0.2, 0.25) is 0 Å². The lowest BCUT2D eigenvalue weighted by atomic mass is 9.97. The third-order valence-electron chi connectivity index (χ3n) is 5.54. The van der Waals surface area contributed by atoms with Gasteiger partial charge in [0.15, 0.2) is 11.5 Å². The van der Waals surface area contributed by atoms with Crippen molar-refractivity contribution >= 4 is 11.7 Å². The second kappa shape index (κ2) is 6.34. The van der Waals surface area contributed by atoms with E-state index in [0.717, 1.165) is 69.2 Å². The van der Waals surface area contributed by atoms with Gasteiger partial charge in [-0.05, 0) is 44.2 Å². The smallest absolute Gasteiger partial charge is 0.272 e. The first kappa shape index (κ1) is 15.7. The molecule has 1 aliphatic carbocycles. The van der Waals surface area contributed by atoms with Crippen LogP contribution in [0.4, 0.5) is 5.82 Å². The normalized spacial score (nSPS) is 22.3. The van der Waals surface area contributed by atoms with E-state index in [-0.39, 0.29) is 5.91 Å². The van der Waals surface area contributed by atoms with Gasteiger partial charge in [0, 0.05) is 38.0 Å². The van der Waals surface area contributed by atoms with Crippen molar-refractivity contribution in [3.05, 3.63) is 29.5 Å². The molecule has 0 spiro atoms. The van der Waals surface area contributed by atoms with Gasteiger partial charge in [0.2, 0.25) is 0 Å². The zero-order valence-corrected chi connectivity index (χ0v) is 14.8. The molecule has 5 rings (SSSR count). The predicted octanol–water partition coefficient (Wildman–Crippen LogP) is 1.29. The molecule has 2 aromatic rings. The molecule has 1 N–H and O–H groups in total. The molecule has 1 saturated carbocycles. The molecule has 2 aliphatic heterocycles. The zero-order chi connectivity index (χ0) is 17.5. The molecule has 2 fully saturated rings. The summed E-state index contributed by atoms with van der Waals surface area (Å²) in [4.78, 5) is 14.3. The Hall–Kier alpha value is -2.51. The van der Waals surface area contributed by atoms with Crippen molar-refractivity contribution in [3.63, 3.8) is 0 Å². The van der Waals surface area contributed by atoms with Crippen molar-refractivity contribution in [2.45, 2.75) is 57.0 Å². The van der Waals surface area contributed by atoms with E-state index in [4.69, 9.17) is 0 Å². The highest BCUT2D eigenvalue weighted by atomic mass is 16.2. The highest BCUT2D eigenvalue weighted by Crippen LogP contribution is 2.30. The number of aromatic nitrogens is 5. The number of rotatable bonds is 4. The minimum Gasteiger partial charge on any atom is -0.354 e. The van der Waals surface area contributed by atoms with Crippen LogP contribution in [-0.4, -0.2) is 50.0 Å². The minimum atomic E-state index is -0.123. The van der Waals surface area contributed by atoms with Crippen molar-refractivity contribution in [3.8, 4) is 0 Å². The zero-order valence-electron chi connectivity index (χ0n) is 14.8. The van der Waals surface area contributed by atoms with Crippen LogP contribution in [-0.2, 0) is 13.0 Å². The number of nitrogens with zero attached hydrogens (tertiary/aromatic N) is 6. The number of carbonyl (C=O) groups is 1. The fourth-order valence-electron chi connectivity index (χ4n) is 3.97. The van der Waals surface area contributed by atoms with Gasteiger partial charge in [0.1, 0.15) is 11.6 Å². The van der Waals surface area contributed by atoms with Crippen LogP contribution < -0.4 is 10.2 Å². The van der Waals surface area contributed by atoms with Gasteiger partial charge in [-0.3, -0.25) is 4.79 Å². The number of anilines is 1. The monoisotopic (exact) mass is 353 g/mol. The quantitative estimate of drug-likeness (QED) is 0.891. The van der Waals surface area contributed by atoms with Crippen LogP contribution in [0.1, 0.15) is 60.2 Å². The van der Waals surface area contributed by atoms with E-state index < -0.39 is 0 Å². The van der Waals surface area contributed by atoms with Crippen molar-refractivity contribution in [2.24, 2.45) is 0 Å². The maximum atomic E-state index is 12.1. The van der Waals surface area contributed by atoms with Gasteiger partial charge in [-0.1, -0.05) is 0 Å². The standard InChI is InChI=1S/C18H23N7O/c26-18(19-13-5-6-13)14-7-8-15(21-20-14)24-9-1-3-12(11-24)17-23-22-16-4-2-10-25(16)17/h7-8,12-13H,1-6,9-11H2,(H,19,26). The molecule has 26 heavy (non-hydrogen) atoms. The molecule has 8 heteroatoms. The maximum absolute atomic E-state index is 12.1. The fraction of sp³-hybridized carbons (Fsp3) is 0.611. The van der Waals surface area contributed by atoms with Crippen molar-refractivity contribution in [2.75, 3.05) is 18.0 Å². The largest absolute Gasteiger partial charge is 0.354 e. The molecule has 1 atom stereocenters. The van der Waals surface area contributed by atoms with Gasteiger partial charge in [-0.2, -0.15) is 0 Å². The molecule has 0 radical (unpaired) electrons. The molecule has 136 valence electrons. The van der Waals surface area contributed by atoms with Crippen LogP contribution in [0.25, 0.3) is 0 Å². The molecule has 2 aromatic heterocycles. The van der Waals surface area contributed by atoms with E-state index in [1.165, 1.54) is 6.42 Å². The summed E-state index contributed by atoms with van der Waals surface area (Å²) in [7, 11) is 0. The summed E-state index contributed by atoms with van der Waals surface area (Å²) in [6.07, 6.45) is 6.57. The Morgan fingerprint density at radius 1 is 1.04 bits per heavy atom.